The number of hydrogen-bond acceptors (Lipinski definition) is 4. The summed E-state index contributed by atoms with van der Waals surface area (Å²) < 4.78 is 41.1. The highest BCUT2D eigenvalue weighted by molar-refractivity contribution is 5.86. The first-order valence-corrected chi connectivity index (χ1v) is 10.5. The molecular weight excluding hydrogens is 390 g/mol. The summed E-state index contributed by atoms with van der Waals surface area (Å²) in [5.74, 6) is 0.779. The summed E-state index contributed by atoms with van der Waals surface area (Å²) >= 11 is 0. The molecular formula is C22H26F2N4O2. The normalized spacial score (nSPS) is 18.2. The predicted molar refractivity (Wildman–Crippen MR) is 109 cm³/mol. The highest BCUT2D eigenvalue weighted by Gasteiger charge is 2.24. The fraction of sp³-hybridized carbons (Fsp3) is 0.500. The molecule has 1 aromatic carbocycles. The minimum absolute atomic E-state index is 0.134. The number of nitrogens with zero attached hydrogens (tertiary/aromatic N) is 4. The fourth-order valence-electron chi connectivity index (χ4n) is 4.47. The van der Waals surface area contributed by atoms with Crippen molar-refractivity contribution in [2.45, 2.75) is 51.6 Å². The molecule has 0 atom stereocenters. The molecule has 0 spiro atoms. The quantitative estimate of drug-likeness (QED) is 0.615. The molecule has 0 unspecified atom stereocenters. The van der Waals surface area contributed by atoms with Crippen molar-refractivity contribution in [1.29, 1.82) is 0 Å². The van der Waals surface area contributed by atoms with Gasteiger partial charge in [-0.05, 0) is 31.0 Å². The van der Waals surface area contributed by atoms with Gasteiger partial charge in [0.2, 0.25) is 0 Å². The van der Waals surface area contributed by atoms with Crippen LogP contribution in [-0.4, -0.2) is 51.5 Å². The zero-order chi connectivity index (χ0) is 20.5. The molecule has 160 valence electrons. The molecule has 0 amide bonds. The maximum Gasteiger partial charge on any atom is 0.256 e. The summed E-state index contributed by atoms with van der Waals surface area (Å²) in [4.78, 5) is 2.44. The first-order chi connectivity index (χ1) is 14.7. The molecule has 6 nitrogen and oxygen atoms in total. The highest BCUT2D eigenvalue weighted by atomic mass is 19.3. The summed E-state index contributed by atoms with van der Waals surface area (Å²) in [5.41, 5.74) is 3.23. The van der Waals surface area contributed by atoms with Crippen molar-refractivity contribution in [3.05, 3.63) is 47.9 Å². The Kier molecular flexibility index (Phi) is 5.43. The number of hydrogen-bond donors (Lipinski definition) is 0. The predicted octanol–water partition coefficient (Wildman–Crippen LogP) is 3.68. The number of aromatic nitrogens is 3. The topological polar surface area (TPSA) is 44.5 Å². The Morgan fingerprint density at radius 2 is 2.03 bits per heavy atom. The number of rotatable bonds is 6. The largest absolute Gasteiger partial charge is 0.490 e. The van der Waals surface area contributed by atoms with Gasteiger partial charge in [-0.25, -0.2) is 8.78 Å². The highest BCUT2D eigenvalue weighted by Crippen LogP contribution is 2.30. The Balaban J connectivity index is 1.20. The van der Waals surface area contributed by atoms with E-state index in [9.17, 15) is 8.78 Å². The van der Waals surface area contributed by atoms with E-state index in [1.807, 2.05) is 30.5 Å². The molecule has 0 bridgehead atoms. The van der Waals surface area contributed by atoms with Gasteiger partial charge in [-0.3, -0.25) is 9.58 Å². The molecule has 0 saturated carbocycles. The molecule has 2 aliphatic rings. The van der Waals surface area contributed by atoms with E-state index in [2.05, 4.69) is 14.7 Å². The molecule has 0 radical (unpaired) electrons. The van der Waals surface area contributed by atoms with Gasteiger partial charge < -0.3 is 14.0 Å². The number of ether oxygens (including phenoxy) is 2. The number of piperidine rings is 1. The Bertz CT molecular complexity index is 1010. The third kappa shape index (κ3) is 3.94. The maximum atomic E-state index is 12.8. The Hall–Kier alpha value is -2.45. The lowest BCUT2D eigenvalue weighted by Crippen LogP contribution is -2.38. The van der Waals surface area contributed by atoms with Crippen molar-refractivity contribution in [2.24, 2.45) is 0 Å². The monoisotopic (exact) mass is 416 g/mol. The van der Waals surface area contributed by atoms with E-state index in [0.717, 1.165) is 62.3 Å². The van der Waals surface area contributed by atoms with Crippen LogP contribution in [0.3, 0.4) is 0 Å². The lowest BCUT2D eigenvalue weighted by atomic mass is 10.1. The van der Waals surface area contributed by atoms with Gasteiger partial charge in [-0.1, -0.05) is 6.07 Å². The Morgan fingerprint density at radius 1 is 1.17 bits per heavy atom. The van der Waals surface area contributed by atoms with Crippen LogP contribution in [0.1, 0.15) is 24.1 Å². The third-order valence-electron chi connectivity index (χ3n) is 6.05. The lowest BCUT2D eigenvalue weighted by Gasteiger charge is -2.32. The van der Waals surface area contributed by atoms with Crippen molar-refractivity contribution >= 4 is 10.9 Å². The van der Waals surface area contributed by atoms with Crippen LogP contribution in [-0.2, 0) is 31.0 Å². The minimum atomic E-state index is -2.37. The van der Waals surface area contributed by atoms with Crippen LogP contribution in [0.25, 0.3) is 10.9 Å². The van der Waals surface area contributed by atoms with Gasteiger partial charge in [-0.15, -0.1) is 0 Å². The van der Waals surface area contributed by atoms with Crippen molar-refractivity contribution < 1.29 is 18.3 Å². The number of likely N-dealkylation sites (tertiary alicyclic amines) is 1. The third-order valence-corrected chi connectivity index (χ3v) is 6.05. The first kappa shape index (κ1) is 19.5. The number of fused-ring (bicyclic) bond motifs is 2. The SMILES string of the molecule is FC(F)Cn1ccc2c(OC3CCN(Cc4cnn5c4COCC5)CC3)cccc21. The van der Waals surface area contributed by atoms with Gasteiger partial charge >= 0.3 is 0 Å². The standard InChI is InChI=1S/C22H26F2N4O2/c23-22(24)14-27-9-6-18-19(27)2-1-3-21(18)30-17-4-7-26(8-5-17)13-16-12-25-28-10-11-29-15-20(16)28/h1-3,6,9,12,17,22H,4-5,7-8,10-11,13-15H2. The molecule has 0 aliphatic carbocycles. The minimum Gasteiger partial charge on any atom is -0.490 e. The van der Waals surface area contributed by atoms with Crippen molar-refractivity contribution in [1.82, 2.24) is 19.2 Å². The van der Waals surface area contributed by atoms with Gasteiger partial charge in [0, 0.05) is 36.8 Å². The summed E-state index contributed by atoms with van der Waals surface area (Å²) in [5, 5.41) is 5.37. The summed E-state index contributed by atoms with van der Waals surface area (Å²) in [6.07, 6.45) is 3.32. The van der Waals surface area contributed by atoms with Gasteiger partial charge in [-0.2, -0.15) is 5.10 Å². The van der Waals surface area contributed by atoms with E-state index in [0.29, 0.717) is 6.61 Å². The summed E-state index contributed by atoms with van der Waals surface area (Å²) in [6, 6.07) is 7.54. The second kappa shape index (κ2) is 8.35. The molecule has 30 heavy (non-hydrogen) atoms. The summed E-state index contributed by atoms with van der Waals surface area (Å²) in [7, 11) is 0. The van der Waals surface area contributed by atoms with Crippen LogP contribution >= 0.6 is 0 Å². The number of benzene rings is 1. The van der Waals surface area contributed by atoms with E-state index in [1.165, 1.54) is 11.3 Å². The van der Waals surface area contributed by atoms with Crippen LogP contribution in [0.2, 0.25) is 0 Å². The van der Waals surface area contributed by atoms with Crippen LogP contribution in [0, 0.1) is 0 Å². The van der Waals surface area contributed by atoms with Gasteiger partial charge in [0.15, 0.2) is 0 Å². The molecule has 1 fully saturated rings. The van der Waals surface area contributed by atoms with Crippen molar-refractivity contribution in [3.63, 3.8) is 0 Å². The van der Waals surface area contributed by atoms with Crippen molar-refractivity contribution in [3.8, 4) is 5.75 Å². The maximum absolute atomic E-state index is 12.8. The molecule has 4 heterocycles. The van der Waals surface area contributed by atoms with Crippen LogP contribution in [0.4, 0.5) is 8.78 Å². The van der Waals surface area contributed by atoms with Crippen LogP contribution in [0.15, 0.2) is 36.7 Å². The van der Waals surface area contributed by atoms with E-state index in [1.54, 1.807) is 10.8 Å². The molecule has 5 rings (SSSR count). The van der Waals surface area contributed by atoms with Gasteiger partial charge in [0.1, 0.15) is 11.9 Å². The lowest BCUT2D eigenvalue weighted by molar-refractivity contribution is 0.0764. The number of halogens is 2. The number of alkyl halides is 2. The molecule has 3 aromatic rings. The molecule has 2 aliphatic heterocycles. The van der Waals surface area contributed by atoms with Crippen LogP contribution in [0.5, 0.6) is 5.75 Å². The van der Waals surface area contributed by atoms with Gasteiger partial charge in [0.05, 0.1) is 43.7 Å². The fourth-order valence-corrected chi connectivity index (χ4v) is 4.47. The average Bonchev–Trinajstić information content (AvgIpc) is 3.34. The average molecular weight is 416 g/mol. The van der Waals surface area contributed by atoms with E-state index < -0.39 is 6.43 Å². The van der Waals surface area contributed by atoms with E-state index in [4.69, 9.17) is 9.47 Å². The zero-order valence-electron chi connectivity index (χ0n) is 16.8. The molecule has 1 saturated heterocycles. The molecule has 8 heteroatoms. The Labute approximate surface area is 174 Å². The van der Waals surface area contributed by atoms with E-state index >= 15 is 0 Å². The van der Waals surface area contributed by atoms with E-state index in [-0.39, 0.29) is 12.6 Å². The summed E-state index contributed by atoms with van der Waals surface area (Å²) in [6.45, 7) is 4.71. The molecule has 2 aromatic heterocycles. The van der Waals surface area contributed by atoms with Gasteiger partial charge in [0.25, 0.3) is 6.43 Å². The van der Waals surface area contributed by atoms with Crippen molar-refractivity contribution in [2.75, 3.05) is 19.7 Å². The second-order valence-corrected chi connectivity index (χ2v) is 8.03. The smallest absolute Gasteiger partial charge is 0.256 e. The first-order valence-electron chi connectivity index (χ1n) is 10.5. The van der Waals surface area contributed by atoms with Crippen LogP contribution < -0.4 is 4.74 Å². The molecule has 0 N–H and O–H groups in total. The zero-order valence-corrected chi connectivity index (χ0v) is 16.8. The second-order valence-electron chi connectivity index (χ2n) is 8.03. The Morgan fingerprint density at radius 3 is 2.87 bits per heavy atom.